The molecule has 1 aliphatic heterocycles. The number of carbonyl (C=O) groups excluding carboxylic acids is 2. The van der Waals surface area contributed by atoms with Crippen LogP contribution in [-0.4, -0.2) is 46.0 Å². The van der Waals surface area contributed by atoms with E-state index >= 15 is 0 Å². The molecular weight excluding hydrogens is 482 g/mol. The first-order valence-corrected chi connectivity index (χ1v) is 13.7. The van der Waals surface area contributed by atoms with Crippen molar-refractivity contribution < 1.29 is 27.5 Å². The zero-order chi connectivity index (χ0) is 26.5. The summed E-state index contributed by atoms with van der Waals surface area (Å²) in [6.45, 7) is 10.4. The zero-order valence-electron chi connectivity index (χ0n) is 21.5. The smallest absolute Gasteiger partial charge is 0.242 e. The molecule has 196 valence electrons. The van der Waals surface area contributed by atoms with Crippen LogP contribution in [0.25, 0.3) is 0 Å². The van der Waals surface area contributed by atoms with Crippen molar-refractivity contribution in [2.24, 2.45) is 5.92 Å². The SMILES string of the molecule is CCOc1ccc(OCC)c(NC(=O)[C@@H](CC(C)C)NS(=O)(=O)c2ccc3c(c2)CCN3C(C)=O)c1. The molecule has 1 heterocycles. The van der Waals surface area contributed by atoms with Gasteiger partial charge in [0.25, 0.3) is 0 Å². The number of rotatable bonds is 11. The molecule has 2 aromatic rings. The Kier molecular flexibility index (Phi) is 8.97. The van der Waals surface area contributed by atoms with Crippen LogP contribution in [0.2, 0.25) is 0 Å². The molecule has 1 atom stereocenters. The fraction of sp³-hybridized carbons (Fsp3) is 0.462. The van der Waals surface area contributed by atoms with Crippen molar-refractivity contribution in [3.63, 3.8) is 0 Å². The largest absolute Gasteiger partial charge is 0.494 e. The number of carbonyl (C=O) groups is 2. The summed E-state index contributed by atoms with van der Waals surface area (Å²) in [5.41, 5.74) is 1.91. The molecule has 0 saturated heterocycles. The van der Waals surface area contributed by atoms with Gasteiger partial charge in [0.1, 0.15) is 17.5 Å². The Morgan fingerprint density at radius 2 is 1.78 bits per heavy atom. The summed E-state index contributed by atoms with van der Waals surface area (Å²) in [4.78, 5) is 26.8. The van der Waals surface area contributed by atoms with Gasteiger partial charge in [0.2, 0.25) is 21.8 Å². The van der Waals surface area contributed by atoms with Gasteiger partial charge in [-0.25, -0.2) is 8.42 Å². The predicted octanol–water partition coefficient (Wildman–Crippen LogP) is 3.72. The molecule has 0 radical (unpaired) electrons. The summed E-state index contributed by atoms with van der Waals surface area (Å²) in [5, 5.41) is 2.82. The lowest BCUT2D eigenvalue weighted by Gasteiger charge is -2.22. The fourth-order valence-corrected chi connectivity index (χ4v) is 5.43. The lowest BCUT2D eigenvalue weighted by molar-refractivity contribution is -0.118. The number of anilines is 2. The molecule has 0 unspecified atom stereocenters. The first kappa shape index (κ1) is 27.5. The Hall–Kier alpha value is -3.11. The number of benzene rings is 2. The van der Waals surface area contributed by atoms with Crippen LogP contribution in [0.3, 0.4) is 0 Å². The number of hydrogen-bond acceptors (Lipinski definition) is 6. The lowest BCUT2D eigenvalue weighted by Crippen LogP contribution is -2.44. The fourth-order valence-electron chi connectivity index (χ4n) is 4.17. The van der Waals surface area contributed by atoms with E-state index in [2.05, 4.69) is 10.0 Å². The third-order valence-electron chi connectivity index (χ3n) is 5.78. The summed E-state index contributed by atoms with van der Waals surface area (Å²) in [6.07, 6.45) is 0.869. The molecule has 9 nitrogen and oxygen atoms in total. The van der Waals surface area contributed by atoms with E-state index in [1.807, 2.05) is 27.7 Å². The molecule has 2 aromatic carbocycles. The number of amides is 2. The maximum atomic E-state index is 13.3. The molecule has 2 N–H and O–H groups in total. The molecule has 0 spiro atoms. The topological polar surface area (TPSA) is 114 Å². The van der Waals surface area contributed by atoms with Crippen molar-refractivity contribution in [3.05, 3.63) is 42.0 Å². The maximum absolute atomic E-state index is 13.3. The van der Waals surface area contributed by atoms with Gasteiger partial charge in [-0.1, -0.05) is 13.8 Å². The predicted molar refractivity (Wildman–Crippen MR) is 139 cm³/mol. The number of nitrogens with zero attached hydrogens (tertiary/aromatic N) is 1. The third kappa shape index (κ3) is 6.55. The van der Waals surface area contributed by atoms with Crippen molar-refractivity contribution in [1.29, 1.82) is 0 Å². The van der Waals surface area contributed by atoms with Crippen molar-refractivity contribution >= 4 is 33.2 Å². The van der Waals surface area contributed by atoms with E-state index in [-0.39, 0.29) is 16.7 Å². The highest BCUT2D eigenvalue weighted by Gasteiger charge is 2.29. The van der Waals surface area contributed by atoms with Crippen LogP contribution < -0.4 is 24.4 Å². The van der Waals surface area contributed by atoms with E-state index in [0.717, 1.165) is 11.3 Å². The Labute approximate surface area is 213 Å². The molecular formula is C26H35N3O6S. The molecule has 2 amide bonds. The average molecular weight is 518 g/mol. The van der Waals surface area contributed by atoms with Gasteiger partial charge in [-0.2, -0.15) is 4.72 Å². The van der Waals surface area contributed by atoms with Gasteiger partial charge >= 0.3 is 0 Å². The lowest BCUT2D eigenvalue weighted by atomic mass is 10.0. The Bertz CT molecular complexity index is 1210. The third-order valence-corrected chi connectivity index (χ3v) is 7.25. The van der Waals surface area contributed by atoms with Crippen LogP contribution in [0.5, 0.6) is 11.5 Å². The second-order valence-corrected chi connectivity index (χ2v) is 10.7. The second-order valence-electron chi connectivity index (χ2n) is 9.03. The Balaban J connectivity index is 1.85. The van der Waals surface area contributed by atoms with E-state index in [4.69, 9.17) is 9.47 Å². The van der Waals surface area contributed by atoms with Gasteiger partial charge in [-0.3, -0.25) is 9.59 Å². The number of nitrogens with one attached hydrogen (secondary N) is 2. The second kappa shape index (κ2) is 11.7. The number of ether oxygens (including phenoxy) is 2. The quantitative estimate of drug-likeness (QED) is 0.470. The van der Waals surface area contributed by atoms with Crippen molar-refractivity contribution in [2.45, 2.75) is 58.4 Å². The van der Waals surface area contributed by atoms with Crippen LogP contribution in [-0.2, 0) is 26.0 Å². The van der Waals surface area contributed by atoms with Crippen molar-refractivity contribution in [3.8, 4) is 11.5 Å². The highest BCUT2D eigenvalue weighted by molar-refractivity contribution is 7.89. The van der Waals surface area contributed by atoms with E-state index in [1.165, 1.54) is 13.0 Å². The highest BCUT2D eigenvalue weighted by atomic mass is 32.2. The maximum Gasteiger partial charge on any atom is 0.242 e. The van der Waals surface area contributed by atoms with Crippen LogP contribution in [0.15, 0.2) is 41.3 Å². The zero-order valence-corrected chi connectivity index (χ0v) is 22.3. The first-order chi connectivity index (χ1) is 17.1. The molecule has 36 heavy (non-hydrogen) atoms. The molecule has 0 aliphatic carbocycles. The van der Waals surface area contributed by atoms with Gasteiger partial charge < -0.3 is 19.7 Å². The van der Waals surface area contributed by atoms with Gasteiger partial charge in [0.05, 0.1) is 23.8 Å². The highest BCUT2D eigenvalue weighted by Crippen LogP contribution is 2.31. The van der Waals surface area contributed by atoms with Gasteiger partial charge in [-0.15, -0.1) is 0 Å². The van der Waals surface area contributed by atoms with Crippen LogP contribution in [0.1, 0.15) is 46.6 Å². The number of hydrogen-bond donors (Lipinski definition) is 2. The number of sulfonamides is 1. The van der Waals surface area contributed by atoms with E-state index in [1.54, 1.807) is 35.2 Å². The van der Waals surface area contributed by atoms with Gasteiger partial charge in [0, 0.05) is 25.2 Å². The average Bonchev–Trinajstić information content (AvgIpc) is 3.24. The summed E-state index contributed by atoms with van der Waals surface area (Å²) >= 11 is 0. The number of fused-ring (bicyclic) bond motifs is 1. The van der Waals surface area contributed by atoms with E-state index < -0.39 is 22.0 Å². The Morgan fingerprint density at radius 1 is 1.06 bits per heavy atom. The van der Waals surface area contributed by atoms with Crippen molar-refractivity contribution in [2.75, 3.05) is 30.0 Å². The van der Waals surface area contributed by atoms with E-state index in [9.17, 15) is 18.0 Å². The molecule has 10 heteroatoms. The van der Waals surface area contributed by atoms with Crippen LogP contribution >= 0.6 is 0 Å². The summed E-state index contributed by atoms with van der Waals surface area (Å²) in [5.74, 6) is 0.500. The minimum absolute atomic E-state index is 0.0497. The minimum atomic E-state index is -4.01. The van der Waals surface area contributed by atoms with Crippen LogP contribution in [0.4, 0.5) is 11.4 Å². The first-order valence-electron chi connectivity index (χ1n) is 12.2. The van der Waals surface area contributed by atoms with Crippen LogP contribution in [0, 0.1) is 5.92 Å². The van der Waals surface area contributed by atoms with Gasteiger partial charge in [-0.05, 0) is 68.5 Å². The van der Waals surface area contributed by atoms with Crippen molar-refractivity contribution in [1.82, 2.24) is 4.72 Å². The summed E-state index contributed by atoms with van der Waals surface area (Å²) < 4.78 is 40.3. The molecule has 0 aromatic heterocycles. The normalized spacial score (nSPS) is 13.9. The molecule has 3 rings (SSSR count). The summed E-state index contributed by atoms with van der Waals surface area (Å²) in [6, 6.07) is 8.79. The monoisotopic (exact) mass is 517 g/mol. The molecule has 0 saturated carbocycles. The summed E-state index contributed by atoms with van der Waals surface area (Å²) in [7, 11) is -4.01. The Morgan fingerprint density at radius 3 is 2.42 bits per heavy atom. The van der Waals surface area contributed by atoms with Gasteiger partial charge in [0.15, 0.2) is 0 Å². The molecule has 0 bridgehead atoms. The molecule has 0 fully saturated rings. The minimum Gasteiger partial charge on any atom is -0.494 e. The van der Waals surface area contributed by atoms with E-state index in [0.29, 0.717) is 49.8 Å². The standard InChI is InChI=1S/C26H35N3O6S/c1-6-34-20-8-11-25(35-7-2)22(16-20)27-26(31)23(14-17(3)4)28-36(32,33)21-9-10-24-19(15-21)12-13-29(24)18(5)30/h8-11,15-17,23,28H,6-7,12-14H2,1-5H3,(H,27,31)/t23-/m1/s1. The molecule has 1 aliphatic rings.